The lowest BCUT2D eigenvalue weighted by Gasteiger charge is -2.06. The molecule has 0 aliphatic carbocycles. The van der Waals surface area contributed by atoms with E-state index in [1.165, 1.54) is 11.3 Å². The lowest BCUT2D eigenvalue weighted by atomic mass is 10.1. The number of anilines is 1. The van der Waals surface area contributed by atoms with Crippen LogP contribution >= 0.6 is 11.3 Å². The molecule has 2 aromatic heterocycles. The van der Waals surface area contributed by atoms with Gasteiger partial charge in [-0.2, -0.15) is 0 Å². The summed E-state index contributed by atoms with van der Waals surface area (Å²) >= 11 is 1.39. The fourth-order valence-electron chi connectivity index (χ4n) is 2.58. The summed E-state index contributed by atoms with van der Waals surface area (Å²) in [6, 6.07) is 17.0. The fraction of sp³-hybridized carbons (Fsp3) is 0.0500. The summed E-state index contributed by atoms with van der Waals surface area (Å²) in [6.45, 7) is 1.89. The number of hydrogen-bond donors (Lipinski definition) is 1. The van der Waals surface area contributed by atoms with E-state index in [4.69, 9.17) is 4.42 Å². The number of carbonyl (C=O) groups is 1. The second-order valence-corrected chi connectivity index (χ2v) is 6.55. The van der Waals surface area contributed by atoms with Gasteiger partial charge in [0.15, 0.2) is 10.9 Å². The molecule has 0 aliphatic rings. The van der Waals surface area contributed by atoms with Crippen LogP contribution in [0, 0.1) is 6.92 Å². The summed E-state index contributed by atoms with van der Waals surface area (Å²) in [5.74, 6) is 0.825. The summed E-state index contributed by atoms with van der Waals surface area (Å²) in [4.78, 5) is 21.3. The maximum atomic E-state index is 12.7. The molecule has 4 rings (SSSR count). The number of thiazole rings is 1. The highest BCUT2D eigenvalue weighted by Gasteiger charge is 2.17. The first kappa shape index (κ1) is 16.2. The first-order chi connectivity index (χ1) is 12.7. The number of nitrogens with zero attached hydrogens (tertiary/aromatic N) is 2. The minimum Gasteiger partial charge on any atom is -0.436 e. The molecule has 0 saturated heterocycles. The fourth-order valence-corrected chi connectivity index (χ4v) is 3.26. The second-order valence-electron chi connectivity index (χ2n) is 5.69. The van der Waals surface area contributed by atoms with Gasteiger partial charge in [0.2, 0.25) is 5.89 Å². The molecule has 0 unspecified atom stereocenters. The van der Waals surface area contributed by atoms with Gasteiger partial charge in [-0.1, -0.05) is 42.5 Å². The molecule has 0 radical (unpaired) electrons. The normalized spacial score (nSPS) is 10.7. The van der Waals surface area contributed by atoms with Gasteiger partial charge in [0.05, 0.1) is 17.5 Å². The Labute approximate surface area is 154 Å². The largest absolute Gasteiger partial charge is 0.436 e. The Balaban J connectivity index is 1.66. The van der Waals surface area contributed by atoms with Crippen LogP contribution in [-0.2, 0) is 0 Å². The molecule has 0 atom stereocenters. The maximum Gasteiger partial charge on any atom is 0.258 e. The van der Waals surface area contributed by atoms with Crippen LogP contribution in [0.5, 0.6) is 0 Å². The van der Waals surface area contributed by atoms with Crippen molar-refractivity contribution >= 4 is 22.4 Å². The average molecular weight is 361 g/mol. The third-order valence-electron chi connectivity index (χ3n) is 3.81. The van der Waals surface area contributed by atoms with Crippen LogP contribution in [0.15, 0.2) is 70.6 Å². The van der Waals surface area contributed by atoms with Gasteiger partial charge < -0.3 is 4.42 Å². The number of aromatic nitrogens is 2. The molecule has 1 N–H and O–H groups in total. The van der Waals surface area contributed by atoms with Gasteiger partial charge in [0, 0.05) is 16.5 Å². The summed E-state index contributed by atoms with van der Waals surface area (Å²) in [6.07, 6.45) is 1.67. The summed E-state index contributed by atoms with van der Waals surface area (Å²) < 4.78 is 5.90. The van der Waals surface area contributed by atoms with Gasteiger partial charge in [0.1, 0.15) is 0 Å². The first-order valence-corrected chi connectivity index (χ1v) is 8.93. The Hall–Kier alpha value is -3.25. The lowest BCUT2D eigenvalue weighted by molar-refractivity contribution is 0.102. The molecule has 0 saturated carbocycles. The smallest absolute Gasteiger partial charge is 0.258 e. The summed E-state index contributed by atoms with van der Waals surface area (Å²) in [5, 5.41) is 5.29. The van der Waals surface area contributed by atoms with Gasteiger partial charge in [-0.15, -0.1) is 11.3 Å². The zero-order valence-electron chi connectivity index (χ0n) is 14.0. The molecular weight excluding hydrogens is 346 g/mol. The van der Waals surface area contributed by atoms with Crippen molar-refractivity contribution in [3.63, 3.8) is 0 Å². The van der Waals surface area contributed by atoms with E-state index in [0.717, 1.165) is 11.3 Å². The molecule has 0 spiro atoms. The van der Waals surface area contributed by atoms with E-state index >= 15 is 0 Å². The number of amides is 1. The van der Waals surface area contributed by atoms with Crippen molar-refractivity contribution in [2.45, 2.75) is 6.92 Å². The number of rotatable bonds is 4. The van der Waals surface area contributed by atoms with Crippen LogP contribution < -0.4 is 5.32 Å². The molecule has 0 aliphatic heterocycles. The number of benzene rings is 2. The lowest BCUT2D eigenvalue weighted by Crippen LogP contribution is -2.13. The van der Waals surface area contributed by atoms with E-state index in [-0.39, 0.29) is 5.91 Å². The minimum absolute atomic E-state index is 0.241. The van der Waals surface area contributed by atoms with E-state index < -0.39 is 0 Å². The molecule has 2 aromatic carbocycles. The molecule has 6 heteroatoms. The molecule has 0 bridgehead atoms. The predicted molar refractivity (Wildman–Crippen MR) is 102 cm³/mol. The van der Waals surface area contributed by atoms with Crippen molar-refractivity contribution in [2.24, 2.45) is 0 Å². The Morgan fingerprint density at radius 2 is 1.85 bits per heavy atom. The molecule has 4 aromatic rings. The molecule has 0 fully saturated rings. The van der Waals surface area contributed by atoms with Gasteiger partial charge in [-0.05, 0) is 19.1 Å². The van der Waals surface area contributed by atoms with Crippen molar-refractivity contribution < 1.29 is 9.21 Å². The number of nitrogens with one attached hydrogen (secondary N) is 1. The van der Waals surface area contributed by atoms with Gasteiger partial charge in [-0.25, -0.2) is 9.97 Å². The molecule has 1 amide bonds. The van der Waals surface area contributed by atoms with E-state index in [1.54, 1.807) is 12.3 Å². The van der Waals surface area contributed by atoms with E-state index in [2.05, 4.69) is 15.3 Å². The monoisotopic (exact) mass is 361 g/mol. The van der Waals surface area contributed by atoms with Crippen molar-refractivity contribution in [1.29, 1.82) is 0 Å². The average Bonchev–Trinajstić information content (AvgIpc) is 3.32. The highest BCUT2D eigenvalue weighted by atomic mass is 32.1. The van der Waals surface area contributed by atoms with E-state index in [1.807, 2.05) is 60.8 Å². The molecule has 5 nitrogen and oxygen atoms in total. The first-order valence-electron chi connectivity index (χ1n) is 8.05. The quantitative estimate of drug-likeness (QED) is 0.554. The van der Waals surface area contributed by atoms with Crippen LogP contribution in [0.1, 0.15) is 16.1 Å². The van der Waals surface area contributed by atoms with Crippen LogP contribution in [0.4, 0.5) is 5.13 Å². The number of carbonyl (C=O) groups excluding carboxylic acids is 1. The maximum absolute atomic E-state index is 12.7. The Kier molecular flexibility index (Phi) is 4.33. The molecule has 128 valence electrons. The summed E-state index contributed by atoms with van der Waals surface area (Å²) in [7, 11) is 0. The zero-order valence-corrected chi connectivity index (χ0v) is 14.8. The number of oxazole rings is 1. The molecular formula is C20H15N3O2S. The Morgan fingerprint density at radius 1 is 1.08 bits per heavy atom. The van der Waals surface area contributed by atoms with Crippen LogP contribution in [0.3, 0.4) is 0 Å². The summed E-state index contributed by atoms with van der Waals surface area (Å²) in [5.41, 5.74) is 2.94. The van der Waals surface area contributed by atoms with Gasteiger partial charge in [0.25, 0.3) is 5.91 Å². The SMILES string of the molecule is Cc1csc(NC(=O)c2ccccc2-c2ncc(-c3ccccc3)o2)n1. The third kappa shape index (κ3) is 3.27. The highest BCUT2D eigenvalue weighted by Crippen LogP contribution is 2.28. The molecule has 26 heavy (non-hydrogen) atoms. The predicted octanol–water partition coefficient (Wildman–Crippen LogP) is 5.03. The van der Waals surface area contributed by atoms with Crippen molar-refractivity contribution in [2.75, 3.05) is 5.32 Å². The van der Waals surface area contributed by atoms with Gasteiger partial charge in [-0.3, -0.25) is 10.1 Å². The topological polar surface area (TPSA) is 68.0 Å². The minimum atomic E-state index is -0.241. The van der Waals surface area contributed by atoms with E-state index in [9.17, 15) is 4.79 Å². The van der Waals surface area contributed by atoms with Crippen molar-refractivity contribution in [1.82, 2.24) is 9.97 Å². The zero-order chi connectivity index (χ0) is 17.9. The van der Waals surface area contributed by atoms with Crippen molar-refractivity contribution in [3.05, 3.63) is 77.4 Å². The highest BCUT2D eigenvalue weighted by molar-refractivity contribution is 7.13. The second kappa shape index (κ2) is 6.93. The van der Waals surface area contributed by atoms with E-state index in [0.29, 0.717) is 27.9 Å². The van der Waals surface area contributed by atoms with Crippen molar-refractivity contribution in [3.8, 4) is 22.8 Å². The molecule has 2 heterocycles. The number of aryl methyl sites for hydroxylation is 1. The van der Waals surface area contributed by atoms with Crippen LogP contribution in [-0.4, -0.2) is 15.9 Å². The third-order valence-corrected chi connectivity index (χ3v) is 4.68. The van der Waals surface area contributed by atoms with Crippen LogP contribution in [0.25, 0.3) is 22.8 Å². The standard InChI is InChI=1S/C20H15N3O2S/c1-13-12-26-20(22-13)23-18(24)15-9-5-6-10-16(15)19-21-11-17(25-19)14-7-3-2-4-8-14/h2-12H,1H3,(H,22,23,24). The van der Waals surface area contributed by atoms with Crippen LogP contribution in [0.2, 0.25) is 0 Å². The van der Waals surface area contributed by atoms with Gasteiger partial charge >= 0.3 is 0 Å². The Bertz CT molecular complexity index is 1050. The Morgan fingerprint density at radius 3 is 2.62 bits per heavy atom. The number of hydrogen-bond acceptors (Lipinski definition) is 5.